The molecule has 0 spiro atoms. The van der Waals surface area contributed by atoms with E-state index in [4.69, 9.17) is 5.73 Å². The minimum absolute atomic E-state index is 0.496. The normalized spacial score (nSPS) is 10.8. The second-order valence-electron chi connectivity index (χ2n) is 4.25. The molecule has 0 saturated heterocycles. The van der Waals surface area contributed by atoms with Crippen molar-refractivity contribution in [2.24, 2.45) is 7.05 Å². The van der Waals surface area contributed by atoms with Crippen molar-refractivity contribution in [1.29, 1.82) is 0 Å². The highest BCUT2D eigenvalue weighted by molar-refractivity contribution is 5.65. The van der Waals surface area contributed by atoms with Gasteiger partial charge in [0.15, 0.2) is 5.82 Å². The van der Waals surface area contributed by atoms with E-state index in [0.29, 0.717) is 12.4 Å². The number of anilines is 1. The molecule has 0 saturated carbocycles. The van der Waals surface area contributed by atoms with E-state index < -0.39 is 0 Å². The molecule has 0 amide bonds. The molecule has 2 aromatic heterocycles. The molecule has 1 aromatic carbocycles. The van der Waals surface area contributed by atoms with Crippen LogP contribution in [-0.2, 0) is 13.6 Å². The van der Waals surface area contributed by atoms with Crippen molar-refractivity contribution in [2.75, 3.05) is 5.73 Å². The summed E-state index contributed by atoms with van der Waals surface area (Å²) in [4.78, 5) is 1.43. The quantitative estimate of drug-likeness (QED) is 0.696. The number of nitrogens with zero attached hydrogens (tertiary/aromatic N) is 6. The van der Waals surface area contributed by atoms with E-state index in [0.717, 1.165) is 16.8 Å². The first-order chi connectivity index (χ1) is 9.20. The van der Waals surface area contributed by atoms with Crippen LogP contribution in [0, 0.1) is 0 Å². The summed E-state index contributed by atoms with van der Waals surface area (Å²) >= 11 is 0. The van der Waals surface area contributed by atoms with Crippen molar-refractivity contribution in [3.8, 4) is 11.1 Å². The third-order valence-corrected chi connectivity index (χ3v) is 2.71. The Hall–Kier alpha value is -2.70. The molecule has 0 aliphatic heterocycles. The molecule has 2 N–H and O–H groups in total. The van der Waals surface area contributed by atoms with Crippen molar-refractivity contribution in [3.05, 3.63) is 42.5 Å². The largest absolute Gasteiger partial charge is 0.399 e. The smallest absolute Gasteiger partial charge is 0.196 e. The van der Waals surface area contributed by atoms with Gasteiger partial charge in [0.25, 0.3) is 0 Å². The minimum Gasteiger partial charge on any atom is -0.399 e. The monoisotopic (exact) mass is 255 g/mol. The Morgan fingerprint density at radius 3 is 2.89 bits per heavy atom. The summed E-state index contributed by atoms with van der Waals surface area (Å²) in [5, 5.41) is 16.1. The standard InChI is InChI=1S/C12H13N7/c1-18-16-12(15-17-18)8-19-7-10(6-14-19)9-3-2-4-11(13)5-9/h2-7H,8,13H2,1H3. The number of nitrogens with two attached hydrogens (primary N) is 1. The maximum absolute atomic E-state index is 5.77. The Morgan fingerprint density at radius 2 is 2.16 bits per heavy atom. The predicted molar refractivity (Wildman–Crippen MR) is 70.0 cm³/mol. The molecule has 96 valence electrons. The highest BCUT2D eigenvalue weighted by Gasteiger charge is 2.05. The van der Waals surface area contributed by atoms with E-state index in [1.165, 1.54) is 4.80 Å². The Labute approximate surface area is 109 Å². The average molecular weight is 255 g/mol. The Balaban J connectivity index is 1.83. The molecular weight excluding hydrogens is 242 g/mol. The van der Waals surface area contributed by atoms with Crippen molar-refractivity contribution in [3.63, 3.8) is 0 Å². The van der Waals surface area contributed by atoms with E-state index in [1.54, 1.807) is 17.9 Å². The molecular formula is C12H13N7. The number of benzene rings is 1. The van der Waals surface area contributed by atoms with Gasteiger partial charge in [0, 0.05) is 17.4 Å². The third-order valence-electron chi connectivity index (χ3n) is 2.71. The van der Waals surface area contributed by atoms with Crippen molar-refractivity contribution in [2.45, 2.75) is 6.54 Å². The summed E-state index contributed by atoms with van der Waals surface area (Å²) in [5.41, 5.74) is 8.56. The first kappa shape index (κ1) is 11.4. The van der Waals surface area contributed by atoms with Crippen LogP contribution in [0.1, 0.15) is 5.82 Å². The van der Waals surface area contributed by atoms with Crippen LogP contribution < -0.4 is 5.73 Å². The van der Waals surface area contributed by atoms with Crippen LogP contribution in [0.25, 0.3) is 11.1 Å². The van der Waals surface area contributed by atoms with Crippen LogP contribution in [-0.4, -0.2) is 30.0 Å². The van der Waals surface area contributed by atoms with Crippen LogP contribution in [0.2, 0.25) is 0 Å². The average Bonchev–Trinajstić information content (AvgIpc) is 2.99. The summed E-state index contributed by atoms with van der Waals surface area (Å²) in [7, 11) is 1.73. The number of rotatable bonds is 3. The zero-order valence-electron chi connectivity index (χ0n) is 10.4. The van der Waals surface area contributed by atoms with Gasteiger partial charge in [-0.1, -0.05) is 12.1 Å². The first-order valence-corrected chi connectivity index (χ1v) is 5.82. The summed E-state index contributed by atoms with van der Waals surface area (Å²) in [6.07, 6.45) is 3.73. The van der Waals surface area contributed by atoms with Crippen molar-refractivity contribution < 1.29 is 0 Å². The first-order valence-electron chi connectivity index (χ1n) is 5.82. The second-order valence-corrected chi connectivity index (χ2v) is 4.25. The van der Waals surface area contributed by atoms with Gasteiger partial charge in [0.05, 0.1) is 13.2 Å². The molecule has 7 nitrogen and oxygen atoms in total. The zero-order valence-corrected chi connectivity index (χ0v) is 10.4. The zero-order chi connectivity index (χ0) is 13.2. The lowest BCUT2D eigenvalue weighted by atomic mass is 10.1. The van der Waals surface area contributed by atoms with Gasteiger partial charge in [-0.25, -0.2) is 0 Å². The van der Waals surface area contributed by atoms with E-state index in [-0.39, 0.29) is 0 Å². The van der Waals surface area contributed by atoms with E-state index in [1.807, 2.05) is 30.5 Å². The molecule has 3 rings (SSSR count). The van der Waals surface area contributed by atoms with E-state index in [2.05, 4.69) is 20.5 Å². The summed E-state index contributed by atoms with van der Waals surface area (Å²) in [6, 6.07) is 7.70. The van der Waals surface area contributed by atoms with Gasteiger partial charge >= 0.3 is 0 Å². The maximum atomic E-state index is 5.77. The molecule has 2 heterocycles. The molecule has 0 unspecified atom stereocenters. The Bertz CT molecular complexity index is 697. The molecule has 0 bridgehead atoms. The van der Waals surface area contributed by atoms with Gasteiger partial charge in [0.1, 0.15) is 6.54 Å². The predicted octanol–water partition coefficient (Wildman–Crippen LogP) is 0.704. The van der Waals surface area contributed by atoms with Crippen LogP contribution in [0.4, 0.5) is 5.69 Å². The third kappa shape index (κ3) is 2.44. The number of hydrogen-bond donors (Lipinski definition) is 1. The lowest BCUT2D eigenvalue weighted by Gasteiger charge is -1.98. The summed E-state index contributed by atoms with van der Waals surface area (Å²) < 4.78 is 1.77. The Kier molecular flexibility index (Phi) is 2.71. The number of aryl methyl sites for hydroxylation is 1. The fourth-order valence-corrected chi connectivity index (χ4v) is 1.85. The maximum Gasteiger partial charge on any atom is 0.196 e. The van der Waals surface area contributed by atoms with Gasteiger partial charge < -0.3 is 5.73 Å². The molecule has 0 aliphatic carbocycles. The van der Waals surface area contributed by atoms with E-state index in [9.17, 15) is 0 Å². The van der Waals surface area contributed by atoms with Crippen molar-refractivity contribution >= 4 is 5.69 Å². The highest BCUT2D eigenvalue weighted by atomic mass is 15.6. The Morgan fingerprint density at radius 1 is 1.26 bits per heavy atom. The number of nitrogen functional groups attached to an aromatic ring is 1. The van der Waals surface area contributed by atoms with Gasteiger partial charge in [-0.15, -0.1) is 10.2 Å². The topological polar surface area (TPSA) is 87.4 Å². The number of aromatic nitrogens is 6. The van der Waals surface area contributed by atoms with E-state index >= 15 is 0 Å². The number of hydrogen-bond acceptors (Lipinski definition) is 5. The minimum atomic E-state index is 0.496. The highest BCUT2D eigenvalue weighted by Crippen LogP contribution is 2.20. The second kappa shape index (κ2) is 4.52. The molecule has 0 aliphatic rings. The number of tetrazole rings is 1. The molecule has 3 aromatic rings. The summed E-state index contributed by atoms with van der Waals surface area (Å²) in [5.74, 6) is 0.629. The lowest BCUT2D eigenvalue weighted by molar-refractivity contribution is 0.617. The molecule has 0 radical (unpaired) electrons. The van der Waals surface area contributed by atoms with Crippen LogP contribution >= 0.6 is 0 Å². The van der Waals surface area contributed by atoms with Gasteiger partial charge in [-0.05, 0) is 22.9 Å². The fourth-order valence-electron chi connectivity index (χ4n) is 1.85. The van der Waals surface area contributed by atoms with Gasteiger partial charge in [-0.2, -0.15) is 9.90 Å². The van der Waals surface area contributed by atoms with Crippen LogP contribution in [0.5, 0.6) is 0 Å². The van der Waals surface area contributed by atoms with Crippen LogP contribution in [0.3, 0.4) is 0 Å². The molecule has 0 atom stereocenters. The van der Waals surface area contributed by atoms with Crippen LogP contribution in [0.15, 0.2) is 36.7 Å². The SMILES string of the molecule is Cn1nnc(Cn2cc(-c3cccc(N)c3)cn2)n1. The molecule has 7 heteroatoms. The van der Waals surface area contributed by atoms with Gasteiger partial charge in [0.2, 0.25) is 0 Å². The molecule has 19 heavy (non-hydrogen) atoms. The molecule has 0 fully saturated rings. The lowest BCUT2D eigenvalue weighted by Crippen LogP contribution is -2.02. The van der Waals surface area contributed by atoms with Crippen molar-refractivity contribution in [1.82, 2.24) is 30.0 Å². The summed E-state index contributed by atoms with van der Waals surface area (Å²) in [6.45, 7) is 0.496. The fraction of sp³-hybridized carbons (Fsp3) is 0.167. The van der Waals surface area contributed by atoms with Gasteiger partial charge in [-0.3, -0.25) is 4.68 Å².